The summed E-state index contributed by atoms with van der Waals surface area (Å²) in [6.45, 7) is 1.52. The summed E-state index contributed by atoms with van der Waals surface area (Å²) >= 11 is 5.18. The second kappa shape index (κ2) is 3.45. The van der Waals surface area contributed by atoms with Crippen LogP contribution in [0.25, 0.3) is 0 Å². The van der Waals surface area contributed by atoms with Gasteiger partial charge in [0.15, 0.2) is 0 Å². The fraction of sp³-hybridized carbons (Fsp3) is 0.600. The maximum atomic E-state index is 10.5. The van der Waals surface area contributed by atoms with Crippen LogP contribution in [-0.4, -0.2) is 18.2 Å². The molecule has 4 heteroatoms. The molecule has 0 aliphatic heterocycles. The zero-order valence-corrected chi connectivity index (χ0v) is 6.03. The van der Waals surface area contributed by atoms with E-state index in [0.717, 1.165) is 0 Å². The number of carbonyl (C=O) groups excluding carboxylic acids is 1. The number of methoxy groups -OCH3 is 1. The minimum absolute atomic E-state index is 0.193. The van der Waals surface area contributed by atoms with Gasteiger partial charge in [0.2, 0.25) is 0 Å². The second-order valence-corrected chi connectivity index (χ2v) is 2.00. The monoisotopic (exact) mass is 149 g/mol. The second-order valence-electron chi connectivity index (χ2n) is 1.59. The van der Waals surface area contributed by atoms with E-state index in [1.165, 1.54) is 14.0 Å². The molecule has 0 fully saturated rings. The Morgan fingerprint density at radius 2 is 2.22 bits per heavy atom. The Balaban J connectivity index is 3.88. The van der Waals surface area contributed by atoms with Gasteiger partial charge in [-0.1, -0.05) is 11.6 Å². The van der Waals surface area contributed by atoms with Crippen LogP contribution in [0.5, 0.6) is 0 Å². The summed E-state index contributed by atoms with van der Waals surface area (Å²) in [5.41, 5.74) is 0. The molecule has 0 radical (unpaired) electrons. The molecule has 0 aromatic rings. The maximum Gasteiger partial charge on any atom is 0.315 e. The molecule has 0 heterocycles. The van der Waals surface area contributed by atoms with Crippen molar-refractivity contribution in [3.8, 4) is 0 Å². The van der Waals surface area contributed by atoms with Gasteiger partial charge < -0.3 is 4.74 Å². The van der Waals surface area contributed by atoms with E-state index in [1.54, 1.807) is 0 Å². The zero-order valence-electron chi connectivity index (χ0n) is 5.27. The largest absolute Gasteiger partial charge is 0.468 e. The summed E-state index contributed by atoms with van der Waals surface area (Å²) in [4.78, 5) is 10.5. The van der Waals surface area contributed by atoms with Crippen molar-refractivity contribution in [3.05, 3.63) is 0 Å². The van der Waals surface area contributed by atoms with Gasteiger partial charge in [-0.05, 0) is 6.92 Å². The number of carbonyl (C=O) groups is 1. The molecule has 0 aromatic carbocycles. The lowest BCUT2D eigenvalue weighted by molar-refractivity contribution is -0.142. The maximum absolute atomic E-state index is 10.5. The molecule has 1 unspecified atom stereocenters. The minimum atomic E-state index is -0.628. The lowest BCUT2D eigenvalue weighted by Crippen LogP contribution is -2.17. The first-order valence-electron chi connectivity index (χ1n) is 2.41. The summed E-state index contributed by atoms with van der Waals surface area (Å²) < 4.78 is 4.31. The van der Waals surface area contributed by atoms with Gasteiger partial charge in [-0.15, -0.1) is 0 Å². The molecule has 0 bridgehead atoms. The number of hydrogen-bond donors (Lipinski definition) is 1. The number of nitrogens with one attached hydrogen (secondary N) is 1. The topological polar surface area (TPSA) is 50.2 Å². The number of rotatable bonds is 2. The van der Waals surface area contributed by atoms with Gasteiger partial charge in [-0.25, -0.2) is 0 Å². The highest BCUT2D eigenvalue weighted by Gasteiger charge is 2.15. The van der Waals surface area contributed by atoms with E-state index in [0.29, 0.717) is 0 Å². The molecule has 0 aromatic heterocycles. The molecule has 0 saturated carbocycles. The van der Waals surface area contributed by atoms with Crippen LogP contribution in [0.15, 0.2) is 0 Å². The molecule has 0 rings (SSSR count). The first-order chi connectivity index (χ1) is 4.09. The van der Waals surface area contributed by atoms with Crippen molar-refractivity contribution in [1.82, 2.24) is 0 Å². The number of ether oxygens (including phenoxy) is 1. The molecule has 0 spiro atoms. The van der Waals surface area contributed by atoms with Crippen LogP contribution in [0.1, 0.15) is 6.92 Å². The van der Waals surface area contributed by atoms with Crippen LogP contribution >= 0.6 is 11.6 Å². The Kier molecular flexibility index (Phi) is 3.24. The zero-order chi connectivity index (χ0) is 7.44. The van der Waals surface area contributed by atoms with Crippen LogP contribution in [0, 0.1) is 11.3 Å². The molecule has 9 heavy (non-hydrogen) atoms. The highest BCUT2D eigenvalue weighted by molar-refractivity contribution is 6.66. The van der Waals surface area contributed by atoms with E-state index in [2.05, 4.69) is 4.74 Å². The van der Waals surface area contributed by atoms with Crippen LogP contribution in [-0.2, 0) is 9.53 Å². The van der Waals surface area contributed by atoms with Crippen molar-refractivity contribution in [2.75, 3.05) is 7.11 Å². The van der Waals surface area contributed by atoms with Crippen molar-refractivity contribution in [2.45, 2.75) is 6.92 Å². The molecule has 1 N–H and O–H groups in total. The minimum Gasteiger partial charge on any atom is -0.468 e. The van der Waals surface area contributed by atoms with Crippen molar-refractivity contribution in [3.63, 3.8) is 0 Å². The van der Waals surface area contributed by atoms with Gasteiger partial charge in [0.05, 0.1) is 7.11 Å². The van der Waals surface area contributed by atoms with E-state index in [9.17, 15) is 4.79 Å². The van der Waals surface area contributed by atoms with Crippen molar-refractivity contribution < 1.29 is 9.53 Å². The van der Waals surface area contributed by atoms with E-state index in [-0.39, 0.29) is 5.17 Å². The van der Waals surface area contributed by atoms with Crippen LogP contribution in [0.3, 0.4) is 0 Å². The van der Waals surface area contributed by atoms with E-state index in [4.69, 9.17) is 17.0 Å². The average Bonchev–Trinajstić information content (AvgIpc) is 1.84. The van der Waals surface area contributed by atoms with Crippen molar-refractivity contribution >= 4 is 22.7 Å². The van der Waals surface area contributed by atoms with E-state index in [1.807, 2.05) is 0 Å². The first-order valence-corrected chi connectivity index (χ1v) is 2.79. The van der Waals surface area contributed by atoms with Gasteiger partial charge >= 0.3 is 5.97 Å². The molecular weight excluding hydrogens is 142 g/mol. The van der Waals surface area contributed by atoms with Crippen molar-refractivity contribution in [2.24, 2.45) is 5.92 Å². The van der Waals surface area contributed by atoms with Gasteiger partial charge in [0.1, 0.15) is 11.1 Å². The number of hydrogen-bond acceptors (Lipinski definition) is 3. The molecule has 1 atom stereocenters. The third kappa shape index (κ3) is 2.46. The molecule has 0 aliphatic rings. The lowest BCUT2D eigenvalue weighted by Gasteiger charge is -2.02. The predicted molar refractivity (Wildman–Crippen MR) is 34.8 cm³/mol. The van der Waals surface area contributed by atoms with Gasteiger partial charge in [0.25, 0.3) is 0 Å². The van der Waals surface area contributed by atoms with Crippen molar-refractivity contribution in [1.29, 1.82) is 5.41 Å². The van der Waals surface area contributed by atoms with Crippen LogP contribution in [0.2, 0.25) is 0 Å². The number of esters is 1. The summed E-state index contributed by atoms with van der Waals surface area (Å²) in [7, 11) is 1.26. The predicted octanol–water partition coefficient (Wildman–Crippen LogP) is 1.01. The first kappa shape index (κ1) is 8.43. The Bertz CT molecular complexity index is 135. The Labute approximate surface area is 58.5 Å². The summed E-state index contributed by atoms with van der Waals surface area (Å²) in [5.74, 6) is -1.10. The quantitative estimate of drug-likeness (QED) is 0.471. The normalized spacial score (nSPS) is 12.3. The van der Waals surface area contributed by atoms with Gasteiger partial charge in [0, 0.05) is 0 Å². The number of halogens is 1. The molecule has 52 valence electrons. The average molecular weight is 150 g/mol. The standard InChI is InChI=1S/C5H8ClNO2/c1-3(4(6)7)5(8)9-2/h3,7H,1-2H3. The Morgan fingerprint density at radius 3 is 2.33 bits per heavy atom. The smallest absolute Gasteiger partial charge is 0.315 e. The summed E-state index contributed by atoms with van der Waals surface area (Å²) in [5, 5.41) is 6.61. The molecular formula is C5H8ClNO2. The summed E-state index contributed by atoms with van der Waals surface area (Å²) in [6, 6.07) is 0. The SMILES string of the molecule is COC(=O)C(C)C(=N)Cl. The van der Waals surface area contributed by atoms with Gasteiger partial charge in [-0.2, -0.15) is 0 Å². The highest BCUT2D eigenvalue weighted by atomic mass is 35.5. The van der Waals surface area contributed by atoms with Crippen LogP contribution < -0.4 is 0 Å². The van der Waals surface area contributed by atoms with Crippen LogP contribution in [0.4, 0.5) is 0 Å². The highest BCUT2D eigenvalue weighted by Crippen LogP contribution is 2.02. The fourth-order valence-corrected chi connectivity index (χ4v) is 0.369. The van der Waals surface area contributed by atoms with E-state index >= 15 is 0 Å². The Morgan fingerprint density at radius 1 is 1.78 bits per heavy atom. The molecule has 3 nitrogen and oxygen atoms in total. The fourth-order valence-electron chi connectivity index (χ4n) is 0.280. The van der Waals surface area contributed by atoms with Gasteiger partial charge in [-0.3, -0.25) is 10.2 Å². The molecule has 0 saturated heterocycles. The van der Waals surface area contributed by atoms with E-state index < -0.39 is 11.9 Å². The molecule has 0 amide bonds. The lowest BCUT2D eigenvalue weighted by atomic mass is 10.2. The third-order valence-electron chi connectivity index (χ3n) is 0.935. The summed E-state index contributed by atoms with van der Waals surface area (Å²) in [6.07, 6.45) is 0. The Hall–Kier alpha value is -0.570. The third-order valence-corrected chi connectivity index (χ3v) is 1.26. The molecule has 0 aliphatic carbocycles.